The Kier molecular flexibility index (Phi) is 8.17. The molecule has 2 saturated heterocycles. The third-order valence-corrected chi connectivity index (χ3v) is 6.61. The molecule has 2 fully saturated rings. The topological polar surface area (TPSA) is 139 Å². The number of hydrogen-bond donors (Lipinski definition) is 2. The first kappa shape index (κ1) is 25.2. The van der Waals surface area contributed by atoms with E-state index in [1.807, 2.05) is 6.07 Å². The van der Waals surface area contributed by atoms with Crippen LogP contribution in [0, 0.1) is 11.3 Å². The van der Waals surface area contributed by atoms with Crippen molar-refractivity contribution < 1.29 is 24.2 Å². The number of piperazine rings is 1. The van der Waals surface area contributed by atoms with Gasteiger partial charge in [0.05, 0.1) is 30.3 Å². The summed E-state index contributed by atoms with van der Waals surface area (Å²) in [7, 11) is 0. The molecule has 1 atom stereocenters. The zero-order valence-electron chi connectivity index (χ0n) is 20.1. The number of nitrogens with one attached hydrogen (secondary N) is 1. The van der Waals surface area contributed by atoms with Crippen LogP contribution in [0.1, 0.15) is 29.6 Å². The summed E-state index contributed by atoms with van der Waals surface area (Å²) >= 11 is 0. The monoisotopic (exact) mass is 494 g/mol. The van der Waals surface area contributed by atoms with Crippen LogP contribution in [0.4, 0.5) is 4.79 Å². The van der Waals surface area contributed by atoms with E-state index in [1.54, 1.807) is 24.4 Å². The second kappa shape index (κ2) is 11.7. The maximum Gasteiger partial charge on any atom is 0.407 e. The van der Waals surface area contributed by atoms with E-state index < -0.39 is 12.1 Å². The number of carbonyl (C=O) groups is 3. The molecule has 1 aromatic carbocycles. The third kappa shape index (κ3) is 6.01. The number of benzene rings is 1. The Hall–Kier alpha value is -3.91. The Balaban J connectivity index is 1.30. The van der Waals surface area contributed by atoms with Crippen LogP contribution in [0.5, 0.6) is 5.75 Å². The molecule has 190 valence electrons. The van der Waals surface area contributed by atoms with Crippen molar-refractivity contribution in [3.8, 4) is 11.8 Å². The SMILES string of the molecule is N#C[C@@H]1CCCN1C(=O)CNC(=O)c1ccnc2ccc(OCCCN3CCN(C(=O)O)CC3)cc12. The van der Waals surface area contributed by atoms with Gasteiger partial charge < -0.3 is 25.0 Å². The summed E-state index contributed by atoms with van der Waals surface area (Å²) in [5.41, 5.74) is 1.04. The highest BCUT2D eigenvalue weighted by Gasteiger charge is 2.28. The Morgan fingerprint density at radius 3 is 2.72 bits per heavy atom. The number of nitriles is 1. The van der Waals surface area contributed by atoms with E-state index in [4.69, 9.17) is 9.84 Å². The quantitative estimate of drug-likeness (QED) is 0.527. The predicted octanol–water partition coefficient (Wildman–Crippen LogP) is 1.54. The zero-order valence-corrected chi connectivity index (χ0v) is 20.1. The van der Waals surface area contributed by atoms with E-state index in [0.717, 1.165) is 19.4 Å². The average molecular weight is 495 g/mol. The number of carbonyl (C=O) groups excluding carboxylic acids is 2. The Labute approximate surface area is 209 Å². The van der Waals surface area contributed by atoms with E-state index >= 15 is 0 Å². The van der Waals surface area contributed by atoms with Gasteiger partial charge in [0.15, 0.2) is 0 Å². The molecule has 2 aromatic rings. The van der Waals surface area contributed by atoms with Gasteiger partial charge in [0, 0.05) is 50.9 Å². The average Bonchev–Trinajstić information content (AvgIpc) is 3.38. The molecule has 3 heterocycles. The molecule has 0 unspecified atom stereocenters. The van der Waals surface area contributed by atoms with E-state index in [2.05, 4.69) is 21.3 Å². The van der Waals surface area contributed by atoms with Gasteiger partial charge in [-0.3, -0.25) is 19.5 Å². The fraction of sp³-hybridized carbons (Fsp3) is 0.480. The summed E-state index contributed by atoms with van der Waals surface area (Å²) in [6.45, 7) is 4.11. The molecule has 0 bridgehead atoms. The first-order chi connectivity index (χ1) is 17.5. The lowest BCUT2D eigenvalue weighted by molar-refractivity contribution is -0.130. The summed E-state index contributed by atoms with van der Waals surface area (Å²) in [6, 6.07) is 8.69. The number of fused-ring (bicyclic) bond motifs is 1. The second-order valence-electron chi connectivity index (χ2n) is 8.91. The summed E-state index contributed by atoms with van der Waals surface area (Å²) < 4.78 is 5.91. The molecule has 11 nitrogen and oxygen atoms in total. The third-order valence-electron chi connectivity index (χ3n) is 6.61. The maximum atomic E-state index is 12.9. The van der Waals surface area contributed by atoms with E-state index in [1.165, 1.54) is 9.80 Å². The van der Waals surface area contributed by atoms with Crippen molar-refractivity contribution in [2.24, 2.45) is 0 Å². The molecule has 1 aromatic heterocycles. The highest BCUT2D eigenvalue weighted by atomic mass is 16.5. The predicted molar refractivity (Wildman–Crippen MR) is 131 cm³/mol. The van der Waals surface area contributed by atoms with Crippen LogP contribution in [-0.4, -0.2) is 101 Å². The van der Waals surface area contributed by atoms with Gasteiger partial charge in [0.25, 0.3) is 5.91 Å². The number of nitrogens with zero attached hydrogens (tertiary/aromatic N) is 5. The van der Waals surface area contributed by atoms with E-state index in [0.29, 0.717) is 68.0 Å². The number of amides is 3. The van der Waals surface area contributed by atoms with Gasteiger partial charge in [0.1, 0.15) is 11.8 Å². The van der Waals surface area contributed by atoms with Gasteiger partial charge in [-0.15, -0.1) is 0 Å². The minimum atomic E-state index is -0.873. The number of ether oxygens (including phenoxy) is 1. The lowest BCUT2D eigenvalue weighted by Gasteiger charge is -2.32. The minimum absolute atomic E-state index is 0.169. The van der Waals surface area contributed by atoms with E-state index in [-0.39, 0.29) is 18.4 Å². The highest BCUT2D eigenvalue weighted by molar-refractivity contribution is 6.07. The van der Waals surface area contributed by atoms with Gasteiger partial charge in [-0.2, -0.15) is 5.26 Å². The number of carboxylic acid groups (broad SMARTS) is 1. The molecule has 0 saturated carbocycles. The van der Waals surface area contributed by atoms with Crippen molar-refractivity contribution in [3.05, 3.63) is 36.0 Å². The molecule has 4 rings (SSSR count). The van der Waals surface area contributed by atoms with Crippen LogP contribution in [0.15, 0.2) is 30.5 Å². The van der Waals surface area contributed by atoms with Crippen LogP contribution in [-0.2, 0) is 4.79 Å². The lowest BCUT2D eigenvalue weighted by atomic mass is 10.1. The maximum absolute atomic E-state index is 12.9. The molecule has 36 heavy (non-hydrogen) atoms. The highest BCUT2D eigenvalue weighted by Crippen LogP contribution is 2.23. The number of pyridine rings is 1. The first-order valence-corrected chi connectivity index (χ1v) is 12.2. The van der Waals surface area contributed by atoms with Crippen molar-refractivity contribution in [2.45, 2.75) is 25.3 Å². The Morgan fingerprint density at radius 1 is 1.17 bits per heavy atom. The minimum Gasteiger partial charge on any atom is -0.494 e. The summed E-state index contributed by atoms with van der Waals surface area (Å²) in [6.07, 6.45) is 2.92. The summed E-state index contributed by atoms with van der Waals surface area (Å²) in [5.74, 6) is -0.0366. The first-order valence-electron chi connectivity index (χ1n) is 12.2. The smallest absolute Gasteiger partial charge is 0.407 e. The van der Waals surface area contributed by atoms with Crippen molar-refractivity contribution >= 4 is 28.8 Å². The molecule has 2 aliphatic rings. The van der Waals surface area contributed by atoms with Crippen LogP contribution >= 0.6 is 0 Å². The Bertz CT molecular complexity index is 1160. The van der Waals surface area contributed by atoms with Crippen molar-refractivity contribution in [2.75, 3.05) is 52.4 Å². The summed E-state index contributed by atoms with van der Waals surface area (Å²) in [4.78, 5) is 45.8. The standard InChI is InChI=1S/C25H30N6O5/c26-16-18-3-1-9-31(18)23(32)17-28-24(33)20-6-7-27-22-5-4-19(15-21(20)22)36-14-2-8-29-10-12-30(13-11-29)25(34)35/h4-7,15,18H,1-3,8-14,17H2,(H,28,33)(H,34,35)/t18-/m0/s1. The van der Waals surface area contributed by atoms with Crippen LogP contribution < -0.4 is 10.1 Å². The van der Waals surface area contributed by atoms with Crippen LogP contribution in [0.3, 0.4) is 0 Å². The molecule has 0 radical (unpaired) electrons. The van der Waals surface area contributed by atoms with Crippen LogP contribution in [0.2, 0.25) is 0 Å². The van der Waals surface area contributed by atoms with Gasteiger partial charge in [-0.05, 0) is 43.5 Å². The molecule has 3 amide bonds. The molecular formula is C25H30N6O5. The number of likely N-dealkylation sites (tertiary alicyclic amines) is 1. The molecule has 11 heteroatoms. The largest absolute Gasteiger partial charge is 0.494 e. The van der Waals surface area contributed by atoms with Crippen molar-refractivity contribution in [1.82, 2.24) is 25.0 Å². The lowest BCUT2D eigenvalue weighted by Crippen LogP contribution is -2.48. The molecular weight excluding hydrogens is 464 g/mol. The van der Waals surface area contributed by atoms with Crippen molar-refractivity contribution in [1.29, 1.82) is 5.26 Å². The number of rotatable bonds is 8. The van der Waals surface area contributed by atoms with Gasteiger partial charge in [-0.25, -0.2) is 4.79 Å². The molecule has 2 aliphatic heterocycles. The molecule has 0 spiro atoms. The van der Waals surface area contributed by atoms with Crippen LogP contribution in [0.25, 0.3) is 10.9 Å². The zero-order chi connectivity index (χ0) is 25.5. The number of aromatic nitrogens is 1. The fourth-order valence-corrected chi connectivity index (χ4v) is 4.61. The van der Waals surface area contributed by atoms with Crippen molar-refractivity contribution in [3.63, 3.8) is 0 Å². The number of hydrogen-bond acceptors (Lipinski definition) is 7. The molecule has 2 N–H and O–H groups in total. The Morgan fingerprint density at radius 2 is 1.97 bits per heavy atom. The second-order valence-corrected chi connectivity index (χ2v) is 8.91. The fourth-order valence-electron chi connectivity index (χ4n) is 4.61. The van der Waals surface area contributed by atoms with E-state index in [9.17, 15) is 19.6 Å². The normalized spacial score (nSPS) is 18.1. The van der Waals surface area contributed by atoms with Gasteiger partial charge >= 0.3 is 6.09 Å². The van der Waals surface area contributed by atoms with Gasteiger partial charge in [-0.1, -0.05) is 0 Å². The van der Waals surface area contributed by atoms with Gasteiger partial charge in [0.2, 0.25) is 5.91 Å². The summed E-state index contributed by atoms with van der Waals surface area (Å²) in [5, 5.41) is 21.5. The molecule has 0 aliphatic carbocycles.